The van der Waals surface area contributed by atoms with Gasteiger partial charge in [-0.25, -0.2) is 8.78 Å². The highest BCUT2D eigenvalue weighted by Crippen LogP contribution is 2.29. The molecule has 0 heterocycles. The smallest absolute Gasteiger partial charge is 0.282 e. The first-order valence-electron chi connectivity index (χ1n) is 6.42. The minimum atomic E-state index is -3.04. The summed E-state index contributed by atoms with van der Waals surface area (Å²) in [6.07, 6.45) is 4.03. The molecule has 2 N–H and O–H groups in total. The van der Waals surface area contributed by atoms with Crippen LogP contribution in [0.15, 0.2) is 24.3 Å². The average molecular weight is 255 g/mol. The van der Waals surface area contributed by atoms with Crippen molar-refractivity contribution >= 4 is 0 Å². The van der Waals surface area contributed by atoms with Crippen molar-refractivity contribution in [2.45, 2.75) is 37.6 Å². The molecule has 100 valence electrons. The first kappa shape index (κ1) is 13.4. The molecule has 1 aliphatic rings. The number of benzene rings is 1. The number of hydrogen-bond acceptors (Lipinski definition) is 2. The Morgan fingerprint density at radius 2 is 2.06 bits per heavy atom. The number of alkyl halides is 2. The predicted molar refractivity (Wildman–Crippen MR) is 66.8 cm³/mol. The fourth-order valence-electron chi connectivity index (χ4n) is 2.46. The molecule has 0 bridgehead atoms. The second-order valence-electron chi connectivity index (χ2n) is 4.89. The molecule has 1 aromatic rings. The minimum absolute atomic E-state index is 0.0267. The summed E-state index contributed by atoms with van der Waals surface area (Å²) in [4.78, 5) is 0. The molecule has 4 heteroatoms. The van der Waals surface area contributed by atoms with Gasteiger partial charge < -0.3 is 10.4 Å². The van der Waals surface area contributed by atoms with Gasteiger partial charge in [0.15, 0.2) is 0 Å². The van der Waals surface area contributed by atoms with Crippen LogP contribution in [0.5, 0.6) is 0 Å². The van der Waals surface area contributed by atoms with Crippen molar-refractivity contribution in [1.29, 1.82) is 0 Å². The van der Waals surface area contributed by atoms with E-state index >= 15 is 0 Å². The molecule has 1 aliphatic carbocycles. The molecule has 0 saturated heterocycles. The summed E-state index contributed by atoms with van der Waals surface area (Å²) in [6, 6.07) is 7.99. The highest BCUT2D eigenvalue weighted by Gasteiger charge is 2.29. The first-order chi connectivity index (χ1) is 8.62. The van der Waals surface area contributed by atoms with Crippen LogP contribution >= 0.6 is 0 Å². The molecule has 1 aromatic carbocycles. The van der Waals surface area contributed by atoms with Gasteiger partial charge in [-0.05, 0) is 30.4 Å². The maximum absolute atomic E-state index is 13.1. The Morgan fingerprint density at radius 1 is 1.28 bits per heavy atom. The van der Waals surface area contributed by atoms with E-state index in [-0.39, 0.29) is 6.04 Å². The summed E-state index contributed by atoms with van der Waals surface area (Å²) in [5.41, 5.74) is 2.38. The van der Waals surface area contributed by atoms with E-state index in [0.717, 1.165) is 31.2 Å². The molecule has 0 saturated carbocycles. The predicted octanol–water partition coefficient (Wildman–Crippen LogP) is 2.67. The van der Waals surface area contributed by atoms with Gasteiger partial charge in [-0.2, -0.15) is 0 Å². The summed E-state index contributed by atoms with van der Waals surface area (Å²) in [5, 5.41) is 11.5. The molecule has 1 atom stereocenters. The van der Waals surface area contributed by atoms with Gasteiger partial charge in [-0.15, -0.1) is 0 Å². The lowest BCUT2D eigenvalue weighted by Gasteiger charge is -2.22. The number of hydrogen-bond donors (Lipinski definition) is 2. The van der Waals surface area contributed by atoms with Gasteiger partial charge in [-0.1, -0.05) is 30.7 Å². The second kappa shape index (κ2) is 5.76. The summed E-state index contributed by atoms with van der Waals surface area (Å²) in [7, 11) is 0. The Labute approximate surface area is 106 Å². The van der Waals surface area contributed by atoms with Crippen molar-refractivity contribution in [2.24, 2.45) is 0 Å². The van der Waals surface area contributed by atoms with Crippen molar-refractivity contribution in [3.8, 4) is 0 Å². The Kier molecular flexibility index (Phi) is 4.30. The summed E-state index contributed by atoms with van der Waals surface area (Å²) in [5.74, 6) is -3.04. The first-order valence-corrected chi connectivity index (χ1v) is 6.42. The van der Waals surface area contributed by atoms with Crippen molar-refractivity contribution < 1.29 is 13.9 Å². The van der Waals surface area contributed by atoms with Crippen molar-refractivity contribution in [2.75, 3.05) is 13.2 Å². The normalized spacial score (nSPS) is 20.3. The van der Waals surface area contributed by atoms with Crippen LogP contribution in [-0.2, 0) is 6.42 Å². The van der Waals surface area contributed by atoms with Crippen LogP contribution in [0.1, 0.15) is 36.4 Å². The van der Waals surface area contributed by atoms with Crippen LogP contribution in [0.4, 0.5) is 8.78 Å². The standard InChI is InChI=1S/C14H19F2NO/c15-14(16,10-18)9-17-13-8-4-2-6-11-5-1-3-7-12(11)13/h1,3,5,7,13,17-18H,2,4,6,8-10H2. The third-order valence-corrected chi connectivity index (χ3v) is 3.46. The molecule has 0 aliphatic heterocycles. The highest BCUT2D eigenvalue weighted by molar-refractivity contribution is 5.31. The highest BCUT2D eigenvalue weighted by atomic mass is 19.3. The van der Waals surface area contributed by atoms with Gasteiger partial charge in [0.2, 0.25) is 0 Å². The number of aliphatic hydroxyl groups excluding tert-OH is 1. The monoisotopic (exact) mass is 255 g/mol. The van der Waals surface area contributed by atoms with Crippen LogP contribution < -0.4 is 5.32 Å². The molecule has 0 fully saturated rings. The molecule has 0 radical (unpaired) electrons. The largest absolute Gasteiger partial charge is 0.390 e. The van der Waals surface area contributed by atoms with Gasteiger partial charge in [0.05, 0.1) is 6.54 Å². The van der Waals surface area contributed by atoms with Crippen molar-refractivity contribution in [3.05, 3.63) is 35.4 Å². The third-order valence-electron chi connectivity index (χ3n) is 3.46. The Hall–Kier alpha value is -1.00. The molecule has 1 unspecified atom stereocenters. The lowest BCUT2D eigenvalue weighted by atomic mass is 9.99. The molecule has 0 spiro atoms. The maximum atomic E-state index is 13.1. The molecule has 0 aromatic heterocycles. The van der Waals surface area contributed by atoms with Crippen LogP contribution in [0.25, 0.3) is 0 Å². The topological polar surface area (TPSA) is 32.3 Å². The van der Waals surface area contributed by atoms with Crippen LogP contribution in [0.2, 0.25) is 0 Å². The Balaban J connectivity index is 2.08. The number of aliphatic hydroxyl groups is 1. The van der Waals surface area contributed by atoms with Crippen LogP contribution in [0, 0.1) is 0 Å². The lowest BCUT2D eigenvalue weighted by molar-refractivity contribution is -0.0495. The molecular weight excluding hydrogens is 236 g/mol. The lowest BCUT2D eigenvalue weighted by Crippen LogP contribution is -2.37. The van der Waals surface area contributed by atoms with Crippen molar-refractivity contribution in [3.63, 3.8) is 0 Å². The SMILES string of the molecule is OCC(F)(F)CNC1CCCCc2ccccc21. The second-order valence-corrected chi connectivity index (χ2v) is 4.89. The van der Waals surface area contributed by atoms with Gasteiger partial charge in [0.25, 0.3) is 5.92 Å². The number of fused-ring (bicyclic) bond motifs is 1. The van der Waals surface area contributed by atoms with E-state index in [2.05, 4.69) is 11.4 Å². The van der Waals surface area contributed by atoms with Crippen molar-refractivity contribution in [1.82, 2.24) is 5.32 Å². The van der Waals surface area contributed by atoms with Gasteiger partial charge in [-0.3, -0.25) is 0 Å². The molecule has 18 heavy (non-hydrogen) atoms. The van der Waals surface area contributed by atoms with E-state index in [1.165, 1.54) is 5.56 Å². The molecule has 0 amide bonds. The maximum Gasteiger partial charge on any atom is 0.282 e. The van der Waals surface area contributed by atoms with Gasteiger partial charge in [0, 0.05) is 6.04 Å². The average Bonchev–Trinajstić information content (AvgIpc) is 2.59. The number of halogens is 2. The number of aryl methyl sites for hydroxylation is 1. The zero-order valence-corrected chi connectivity index (χ0v) is 10.3. The summed E-state index contributed by atoms with van der Waals surface area (Å²) < 4.78 is 26.1. The summed E-state index contributed by atoms with van der Waals surface area (Å²) in [6.45, 7) is -1.57. The quantitative estimate of drug-likeness (QED) is 0.811. The molecular formula is C14H19F2NO. The fourth-order valence-corrected chi connectivity index (χ4v) is 2.46. The van der Waals surface area contributed by atoms with E-state index in [4.69, 9.17) is 5.11 Å². The Morgan fingerprint density at radius 3 is 2.83 bits per heavy atom. The van der Waals surface area contributed by atoms with Crippen LogP contribution in [-0.4, -0.2) is 24.2 Å². The van der Waals surface area contributed by atoms with Gasteiger partial charge >= 0.3 is 0 Å². The van der Waals surface area contributed by atoms with E-state index < -0.39 is 19.1 Å². The summed E-state index contributed by atoms with van der Waals surface area (Å²) >= 11 is 0. The molecule has 2 nitrogen and oxygen atoms in total. The zero-order chi connectivity index (χ0) is 13.0. The molecule has 2 rings (SSSR count). The zero-order valence-electron chi connectivity index (χ0n) is 10.3. The van der Waals surface area contributed by atoms with E-state index in [1.54, 1.807) is 0 Å². The Bertz CT molecular complexity index is 395. The van der Waals surface area contributed by atoms with Gasteiger partial charge in [0.1, 0.15) is 6.61 Å². The van der Waals surface area contributed by atoms with E-state index in [1.807, 2.05) is 18.2 Å². The van der Waals surface area contributed by atoms with Crippen LogP contribution in [0.3, 0.4) is 0 Å². The number of rotatable bonds is 4. The third kappa shape index (κ3) is 3.27. The van der Waals surface area contributed by atoms with E-state index in [0.29, 0.717) is 0 Å². The number of nitrogens with one attached hydrogen (secondary N) is 1. The fraction of sp³-hybridized carbons (Fsp3) is 0.571. The minimum Gasteiger partial charge on any atom is -0.390 e. The van der Waals surface area contributed by atoms with E-state index in [9.17, 15) is 8.78 Å².